The summed E-state index contributed by atoms with van der Waals surface area (Å²) in [7, 11) is 1.78. The molecule has 25 heavy (non-hydrogen) atoms. The van der Waals surface area contributed by atoms with E-state index in [1.807, 2.05) is 12.4 Å². The Hall–Kier alpha value is -2.09. The third kappa shape index (κ3) is 6.38. The zero-order valence-corrected chi connectivity index (χ0v) is 15.5. The highest BCUT2D eigenvalue weighted by Crippen LogP contribution is 2.10. The minimum absolute atomic E-state index is 0.263. The molecule has 0 saturated carbocycles. The summed E-state index contributed by atoms with van der Waals surface area (Å²) in [6.45, 7) is 8.08. The maximum atomic E-state index is 11.0. The lowest BCUT2D eigenvalue weighted by molar-refractivity contribution is -0.119. The molecule has 140 valence electrons. The summed E-state index contributed by atoms with van der Waals surface area (Å²) in [6, 6.07) is 0.353. The Bertz CT molecular complexity index is 573. The Morgan fingerprint density at radius 2 is 2.16 bits per heavy atom. The zero-order valence-electron chi connectivity index (χ0n) is 15.5. The standard InChI is InChI=1S/C17H31N7O/c1-13(2)11-24-9-6-20-16(24)10-21-17(19-3)22-14-4-7-23(8-5-14)12-15(18)25/h6,9,13-14H,4-5,7-8,10-12H2,1-3H3,(H2,18,25)(H2,19,21,22). The first-order valence-corrected chi connectivity index (χ1v) is 8.95. The highest BCUT2D eigenvalue weighted by Gasteiger charge is 2.20. The second kappa shape index (κ2) is 9.41. The van der Waals surface area contributed by atoms with E-state index in [9.17, 15) is 4.79 Å². The molecule has 1 saturated heterocycles. The van der Waals surface area contributed by atoms with Crippen molar-refractivity contribution in [2.24, 2.45) is 16.6 Å². The number of hydrogen-bond donors (Lipinski definition) is 3. The molecule has 8 nitrogen and oxygen atoms in total. The van der Waals surface area contributed by atoms with Gasteiger partial charge < -0.3 is 20.9 Å². The predicted molar refractivity (Wildman–Crippen MR) is 99.1 cm³/mol. The van der Waals surface area contributed by atoms with Crippen LogP contribution in [0.2, 0.25) is 0 Å². The number of hydrogen-bond acceptors (Lipinski definition) is 4. The average Bonchev–Trinajstić information content (AvgIpc) is 2.99. The number of imidazole rings is 1. The van der Waals surface area contributed by atoms with Crippen molar-refractivity contribution in [1.82, 2.24) is 25.1 Å². The molecule has 4 N–H and O–H groups in total. The molecule has 2 heterocycles. The molecule has 0 unspecified atom stereocenters. The molecule has 1 amide bonds. The van der Waals surface area contributed by atoms with E-state index in [1.54, 1.807) is 7.05 Å². The van der Waals surface area contributed by atoms with Crippen LogP contribution in [0.4, 0.5) is 0 Å². The smallest absolute Gasteiger partial charge is 0.231 e. The fraction of sp³-hybridized carbons (Fsp3) is 0.706. The van der Waals surface area contributed by atoms with Crippen LogP contribution in [0.1, 0.15) is 32.5 Å². The summed E-state index contributed by atoms with van der Waals surface area (Å²) in [5.41, 5.74) is 5.26. The SMILES string of the molecule is CN=C(NCc1nccn1CC(C)C)NC1CCN(CC(N)=O)CC1. The number of primary amides is 1. The Morgan fingerprint density at radius 1 is 1.44 bits per heavy atom. The lowest BCUT2D eigenvalue weighted by Gasteiger charge is -2.32. The lowest BCUT2D eigenvalue weighted by Crippen LogP contribution is -2.49. The first-order chi connectivity index (χ1) is 12.0. The fourth-order valence-electron chi connectivity index (χ4n) is 3.07. The van der Waals surface area contributed by atoms with Crippen molar-refractivity contribution in [1.29, 1.82) is 0 Å². The summed E-state index contributed by atoms with van der Waals surface area (Å²) >= 11 is 0. The lowest BCUT2D eigenvalue weighted by atomic mass is 10.1. The quantitative estimate of drug-likeness (QED) is 0.481. The van der Waals surface area contributed by atoms with E-state index in [-0.39, 0.29) is 5.91 Å². The van der Waals surface area contributed by atoms with Crippen LogP contribution in [0.3, 0.4) is 0 Å². The van der Waals surface area contributed by atoms with E-state index in [0.717, 1.165) is 44.3 Å². The highest BCUT2D eigenvalue weighted by molar-refractivity contribution is 5.79. The van der Waals surface area contributed by atoms with Crippen molar-refractivity contribution in [3.8, 4) is 0 Å². The normalized spacial score (nSPS) is 17.0. The molecule has 2 rings (SSSR count). The average molecular weight is 349 g/mol. The second-order valence-electron chi connectivity index (χ2n) is 6.98. The first kappa shape index (κ1) is 19.2. The molecule has 0 radical (unpaired) electrons. The van der Waals surface area contributed by atoms with Gasteiger partial charge in [0.25, 0.3) is 0 Å². The topological polar surface area (TPSA) is 101 Å². The molecule has 0 aliphatic carbocycles. The molecule has 1 aliphatic rings. The Labute approximate surface area is 149 Å². The molecular formula is C17H31N7O. The van der Waals surface area contributed by atoms with Crippen molar-refractivity contribution in [2.75, 3.05) is 26.7 Å². The molecule has 0 aromatic carbocycles. The minimum atomic E-state index is -0.263. The van der Waals surface area contributed by atoms with Gasteiger partial charge in [0, 0.05) is 45.1 Å². The van der Waals surface area contributed by atoms with E-state index in [0.29, 0.717) is 25.0 Å². The van der Waals surface area contributed by atoms with Gasteiger partial charge in [-0.05, 0) is 18.8 Å². The molecule has 1 fully saturated rings. The Morgan fingerprint density at radius 3 is 2.76 bits per heavy atom. The van der Waals surface area contributed by atoms with Crippen LogP contribution in [0.15, 0.2) is 17.4 Å². The third-order valence-corrected chi connectivity index (χ3v) is 4.31. The number of guanidine groups is 1. The number of nitrogens with one attached hydrogen (secondary N) is 2. The van der Waals surface area contributed by atoms with Gasteiger partial charge in [0.2, 0.25) is 5.91 Å². The summed E-state index contributed by atoms with van der Waals surface area (Å²) in [5, 5.41) is 6.81. The van der Waals surface area contributed by atoms with Crippen molar-refractivity contribution in [3.63, 3.8) is 0 Å². The monoisotopic (exact) mass is 349 g/mol. The van der Waals surface area contributed by atoms with E-state index in [4.69, 9.17) is 5.73 Å². The number of aromatic nitrogens is 2. The predicted octanol–water partition coefficient (Wildman–Crippen LogP) is 0.154. The second-order valence-corrected chi connectivity index (χ2v) is 6.98. The summed E-state index contributed by atoms with van der Waals surface area (Å²) in [4.78, 5) is 21.8. The van der Waals surface area contributed by atoms with Gasteiger partial charge in [0.15, 0.2) is 5.96 Å². The highest BCUT2D eigenvalue weighted by atomic mass is 16.1. The Kier molecular flexibility index (Phi) is 7.24. The van der Waals surface area contributed by atoms with Crippen LogP contribution < -0.4 is 16.4 Å². The molecule has 1 aliphatic heterocycles. The van der Waals surface area contributed by atoms with Gasteiger partial charge in [0.05, 0.1) is 13.1 Å². The third-order valence-electron chi connectivity index (χ3n) is 4.31. The number of rotatable bonds is 7. The number of amides is 1. The molecule has 1 aromatic rings. The maximum absolute atomic E-state index is 11.0. The largest absolute Gasteiger partial charge is 0.369 e. The molecule has 0 bridgehead atoms. The fourth-order valence-corrected chi connectivity index (χ4v) is 3.07. The number of carbonyl (C=O) groups excluding carboxylic acids is 1. The van der Waals surface area contributed by atoms with E-state index >= 15 is 0 Å². The van der Waals surface area contributed by atoms with E-state index in [2.05, 4.69) is 43.9 Å². The molecule has 8 heteroatoms. The number of nitrogens with zero attached hydrogens (tertiary/aromatic N) is 4. The van der Waals surface area contributed by atoms with Crippen LogP contribution in [0, 0.1) is 5.92 Å². The molecule has 0 spiro atoms. The minimum Gasteiger partial charge on any atom is -0.369 e. The molecule has 1 aromatic heterocycles. The van der Waals surface area contributed by atoms with Crippen molar-refractivity contribution < 1.29 is 4.79 Å². The molecular weight excluding hydrogens is 318 g/mol. The van der Waals surface area contributed by atoms with Gasteiger partial charge in [-0.2, -0.15) is 0 Å². The number of aliphatic imine (C=N–C) groups is 1. The first-order valence-electron chi connectivity index (χ1n) is 8.95. The number of piperidine rings is 1. The number of carbonyl (C=O) groups is 1. The van der Waals surface area contributed by atoms with Gasteiger partial charge >= 0.3 is 0 Å². The summed E-state index contributed by atoms with van der Waals surface area (Å²) in [5.74, 6) is 2.11. The van der Waals surface area contributed by atoms with Crippen molar-refractivity contribution in [3.05, 3.63) is 18.2 Å². The van der Waals surface area contributed by atoms with E-state index < -0.39 is 0 Å². The van der Waals surface area contributed by atoms with Crippen molar-refractivity contribution in [2.45, 2.75) is 45.8 Å². The number of nitrogens with two attached hydrogens (primary N) is 1. The van der Waals surface area contributed by atoms with Crippen LogP contribution in [-0.4, -0.2) is 59.0 Å². The summed E-state index contributed by atoms with van der Waals surface area (Å²) in [6.07, 6.45) is 5.79. The van der Waals surface area contributed by atoms with Gasteiger partial charge in [0.1, 0.15) is 5.82 Å². The zero-order chi connectivity index (χ0) is 18.2. The van der Waals surface area contributed by atoms with E-state index in [1.165, 1.54) is 0 Å². The van der Waals surface area contributed by atoms with Crippen molar-refractivity contribution >= 4 is 11.9 Å². The van der Waals surface area contributed by atoms with Gasteiger partial charge in [-0.15, -0.1) is 0 Å². The van der Waals surface area contributed by atoms with Gasteiger partial charge in [-0.25, -0.2) is 4.98 Å². The van der Waals surface area contributed by atoms with Crippen LogP contribution >= 0.6 is 0 Å². The van der Waals surface area contributed by atoms with Gasteiger partial charge in [-0.1, -0.05) is 13.8 Å². The van der Waals surface area contributed by atoms with Gasteiger partial charge in [-0.3, -0.25) is 14.7 Å². The maximum Gasteiger partial charge on any atom is 0.231 e. The van der Waals surface area contributed by atoms with Crippen LogP contribution in [0.5, 0.6) is 0 Å². The number of likely N-dealkylation sites (tertiary alicyclic amines) is 1. The Balaban J connectivity index is 1.78. The van der Waals surface area contributed by atoms with Crippen LogP contribution in [-0.2, 0) is 17.9 Å². The molecule has 0 atom stereocenters. The summed E-state index contributed by atoms with van der Waals surface area (Å²) < 4.78 is 2.17. The van der Waals surface area contributed by atoms with Crippen LogP contribution in [0.25, 0.3) is 0 Å².